The van der Waals surface area contributed by atoms with Crippen LogP contribution in [0.25, 0.3) is 11.1 Å². The van der Waals surface area contributed by atoms with Crippen molar-refractivity contribution in [1.29, 1.82) is 0 Å². The molecule has 6 nitrogen and oxygen atoms in total. The van der Waals surface area contributed by atoms with Gasteiger partial charge in [0.1, 0.15) is 0 Å². The molecule has 0 bridgehead atoms. The third-order valence-electron chi connectivity index (χ3n) is 7.28. The number of hydrogen-bond donors (Lipinski definition) is 2. The molecule has 0 atom stereocenters. The molecule has 174 valence electrons. The van der Waals surface area contributed by atoms with E-state index in [2.05, 4.69) is 23.7 Å². The average Bonchev–Trinajstić information content (AvgIpc) is 2.72. The number of rotatable bonds is 6. The maximum atomic E-state index is 12.9. The number of hydrogen-bond acceptors (Lipinski definition) is 4. The van der Waals surface area contributed by atoms with Crippen LogP contribution in [0.5, 0.6) is 0 Å². The third kappa shape index (κ3) is 4.33. The van der Waals surface area contributed by atoms with Crippen LogP contribution in [-0.2, 0) is 4.74 Å². The summed E-state index contributed by atoms with van der Waals surface area (Å²) in [6.07, 6.45) is 4.00. The molecular weight excluding hydrogens is 402 g/mol. The predicted octanol–water partition coefficient (Wildman–Crippen LogP) is 4.55. The number of nitrogens with zero attached hydrogens (tertiary/aromatic N) is 1. The molecule has 1 heterocycles. The second-order valence-corrected chi connectivity index (χ2v) is 9.45. The minimum Gasteiger partial charge on any atom is -0.379 e. The molecule has 0 spiro atoms. The van der Waals surface area contributed by atoms with E-state index in [1.54, 1.807) is 13.2 Å². The van der Waals surface area contributed by atoms with E-state index >= 15 is 0 Å². The lowest BCUT2D eigenvalue weighted by Crippen LogP contribution is -2.44. The summed E-state index contributed by atoms with van der Waals surface area (Å²) in [6, 6.07) is 4.10. The van der Waals surface area contributed by atoms with Gasteiger partial charge in [-0.1, -0.05) is 0 Å². The molecule has 1 aromatic heterocycles. The van der Waals surface area contributed by atoms with E-state index in [-0.39, 0.29) is 11.2 Å². The maximum Gasteiger partial charge on any atom is 0.256 e. The number of aryl methyl sites for hydroxylation is 2. The molecule has 0 aliphatic heterocycles. The highest BCUT2D eigenvalue weighted by molar-refractivity contribution is 5.99. The van der Waals surface area contributed by atoms with Crippen LogP contribution in [0.1, 0.15) is 72.3 Å². The Kier molecular flexibility index (Phi) is 6.84. The number of aromatic amines is 1. The second kappa shape index (κ2) is 9.10. The van der Waals surface area contributed by atoms with Crippen molar-refractivity contribution in [3.05, 3.63) is 50.4 Å². The zero-order chi connectivity index (χ0) is 23.8. The van der Waals surface area contributed by atoms with Gasteiger partial charge in [0.15, 0.2) is 0 Å². The Morgan fingerprint density at radius 3 is 2.31 bits per heavy atom. The first-order chi connectivity index (χ1) is 15.0. The first-order valence-electron chi connectivity index (χ1n) is 11.5. The number of carbonyl (C=O) groups is 1. The number of nitrogens with two attached hydrogens (primary N) is 1. The highest BCUT2D eigenvalue weighted by atomic mass is 16.5. The molecule has 1 aliphatic carbocycles. The number of amides is 1. The second-order valence-electron chi connectivity index (χ2n) is 9.45. The summed E-state index contributed by atoms with van der Waals surface area (Å²) in [4.78, 5) is 30.6. The molecular formula is C26H37N3O3. The monoisotopic (exact) mass is 439 g/mol. The number of benzene rings is 1. The highest BCUT2D eigenvalue weighted by Crippen LogP contribution is 2.40. The lowest BCUT2D eigenvalue weighted by atomic mass is 9.82. The van der Waals surface area contributed by atoms with E-state index in [0.29, 0.717) is 17.2 Å². The number of anilines is 1. The van der Waals surface area contributed by atoms with E-state index in [9.17, 15) is 9.59 Å². The smallest absolute Gasteiger partial charge is 0.256 e. The Hall–Kier alpha value is -2.60. The van der Waals surface area contributed by atoms with Crippen molar-refractivity contribution in [3.63, 3.8) is 0 Å². The van der Waals surface area contributed by atoms with Crippen LogP contribution >= 0.6 is 0 Å². The molecule has 0 saturated heterocycles. The number of aromatic nitrogens is 1. The molecule has 1 amide bonds. The Morgan fingerprint density at radius 2 is 1.81 bits per heavy atom. The van der Waals surface area contributed by atoms with Crippen molar-refractivity contribution >= 4 is 11.6 Å². The van der Waals surface area contributed by atoms with Gasteiger partial charge in [-0.15, -0.1) is 0 Å². The minimum atomic E-state index is -0.474. The molecule has 0 radical (unpaired) electrons. The topological polar surface area (TPSA) is 88.4 Å². The summed E-state index contributed by atoms with van der Waals surface area (Å²) in [5.74, 6) is -0.474. The van der Waals surface area contributed by atoms with Crippen molar-refractivity contribution in [2.24, 2.45) is 5.73 Å². The number of pyridine rings is 1. The van der Waals surface area contributed by atoms with Gasteiger partial charge in [-0.05, 0) is 102 Å². The summed E-state index contributed by atoms with van der Waals surface area (Å²) in [6.45, 7) is 12.9. The number of methoxy groups -OCH3 is 1. The molecule has 3 N–H and O–H groups in total. The van der Waals surface area contributed by atoms with Crippen LogP contribution in [0.3, 0.4) is 0 Å². The number of carbonyl (C=O) groups excluding carboxylic acids is 1. The minimum absolute atomic E-state index is 0.0768. The van der Waals surface area contributed by atoms with Crippen LogP contribution in [0.15, 0.2) is 16.9 Å². The van der Waals surface area contributed by atoms with Crippen LogP contribution in [0, 0.1) is 27.7 Å². The van der Waals surface area contributed by atoms with Crippen molar-refractivity contribution in [2.75, 3.05) is 18.6 Å². The van der Waals surface area contributed by atoms with E-state index in [0.717, 1.165) is 65.9 Å². The summed E-state index contributed by atoms with van der Waals surface area (Å²) in [5.41, 5.74) is 12.0. The van der Waals surface area contributed by atoms with E-state index in [1.807, 2.05) is 33.8 Å². The average molecular weight is 440 g/mol. The first-order valence-corrected chi connectivity index (χ1v) is 11.5. The quantitative estimate of drug-likeness (QED) is 0.691. The van der Waals surface area contributed by atoms with Crippen molar-refractivity contribution in [1.82, 2.24) is 4.98 Å². The fourth-order valence-corrected chi connectivity index (χ4v) is 5.36. The predicted molar refractivity (Wildman–Crippen MR) is 131 cm³/mol. The molecule has 1 aliphatic rings. The molecule has 3 rings (SSSR count). The lowest BCUT2D eigenvalue weighted by molar-refractivity contribution is -0.0270. The zero-order valence-electron chi connectivity index (χ0n) is 20.5. The number of nitrogens with one attached hydrogen (secondary N) is 1. The first kappa shape index (κ1) is 24.1. The molecule has 1 saturated carbocycles. The molecule has 32 heavy (non-hydrogen) atoms. The van der Waals surface area contributed by atoms with Crippen LogP contribution in [0.4, 0.5) is 5.69 Å². The van der Waals surface area contributed by atoms with Crippen molar-refractivity contribution in [2.45, 2.75) is 78.9 Å². The standard InChI is InChI=1S/C26H37N3O3/c1-8-29(19-9-11-26(6,32-7)12-10-19)23-17(4)20(14-21(18(23)5)24(27)30)22-15(2)13-16(3)28-25(22)31/h13-14,19H,8-12H2,1-7H3,(H2,27,30)(H,28,31). The van der Waals surface area contributed by atoms with Crippen LogP contribution < -0.4 is 16.2 Å². The Labute approximate surface area is 191 Å². The summed E-state index contributed by atoms with van der Waals surface area (Å²) >= 11 is 0. The van der Waals surface area contributed by atoms with E-state index in [1.165, 1.54) is 0 Å². The maximum absolute atomic E-state index is 12.9. The van der Waals surface area contributed by atoms with Gasteiger partial charge in [-0.2, -0.15) is 0 Å². The zero-order valence-corrected chi connectivity index (χ0v) is 20.5. The molecule has 0 unspecified atom stereocenters. The summed E-state index contributed by atoms with van der Waals surface area (Å²) in [5, 5.41) is 0. The van der Waals surface area contributed by atoms with Gasteiger partial charge >= 0.3 is 0 Å². The van der Waals surface area contributed by atoms with Gasteiger partial charge in [-0.25, -0.2) is 0 Å². The van der Waals surface area contributed by atoms with Gasteiger partial charge in [0, 0.05) is 36.6 Å². The lowest BCUT2D eigenvalue weighted by Gasteiger charge is -2.43. The normalized spacial score (nSPS) is 20.9. The largest absolute Gasteiger partial charge is 0.379 e. The molecule has 1 aromatic carbocycles. The number of ether oxygens (including phenoxy) is 1. The van der Waals surface area contributed by atoms with Gasteiger partial charge in [0.2, 0.25) is 5.91 Å². The van der Waals surface area contributed by atoms with Crippen LogP contribution in [0.2, 0.25) is 0 Å². The van der Waals surface area contributed by atoms with E-state index in [4.69, 9.17) is 10.5 Å². The van der Waals surface area contributed by atoms with Gasteiger partial charge in [0.25, 0.3) is 5.56 Å². The number of primary amides is 1. The van der Waals surface area contributed by atoms with Crippen molar-refractivity contribution in [3.8, 4) is 11.1 Å². The van der Waals surface area contributed by atoms with Crippen LogP contribution in [-0.4, -0.2) is 36.2 Å². The third-order valence-corrected chi connectivity index (χ3v) is 7.28. The summed E-state index contributed by atoms with van der Waals surface area (Å²) in [7, 11) is 1.79. The van der Waals surface area contributed by atoms with Gasteiger partial charge in [-0.3, -0.25) is 9.59 Å². The molecule has 6 heteroatoms. The Bertz CT molecular complexity index is 1080. The highest BCUT2D eigenvalue weighted by Gasteiger charge is 2.34. The summed E-state index contributed by atoms with van der Waals surface area (Å²) < 4.78 is 5.74. The Balaban J connectivity index is 2.20. The number of H-pyrrole nitrogens is 1. The fraction of sp³-hybridized carbons (Fsp3) is 0.538. The van der Waals surface area contributed by atoms with Crippen molar-refractivity contribution < 1.29 is 9.53 Å². The SMILES string of the molecule is CCN(c1c(C)c(C(N)=O)cc(-c2c(C)cc(C)[nH]c2=O)c1C)C1CCC(C)(OC)CC1. The van der Waals surface area contributed by atoms with Gasteiger partial charge < -0.3 is 20.4 Å². The molecule has 1 fully saturated rings. The fourth-order valence-electron chi connectivity index (χ4n) is 5.36. The Morgan fingerprint density at radius 1 is 1.19 bits per heavy atom. The van der Waals surface area contributed by atoms with Gasteiger partial charge in [0.05, 0.1) is 11.2 Å². The molecule has 2 aromatic rings. The van der Waals surface area contributed by atoms with E-state index < -0.39 is 5.91 Å².